The van der Waals surface area contributed by atoms with Crippen LogP contribution in [0, 0.1) is 17.1 Å². The molecule has 4 nitrogen and oxygen atoms in total. The van der Waals surface area contributed by atoms with Crippen molar-refractivity contribution in [1.82, 2.24) is 10.2 Å². The van der Waals surface area contributed by atoms with Crippen molar-refractivity contribution in [1.29, 1.82) is 5.26 Å². The summed E-state index contributed by atoms with van der Waals surface area (Å²) in [5, 5.41) is 12.1. The minimum Gasteiger partial charge on any atom is -0.340 e. The summed E-state index contributed by atoms with van der Waals surface area (Å²) < 4.78 is 13.7. The number of nitrogens with zero attached hydrogens (tertiary/aromatic N) is 2. The van der Waals surface area contributed by atoms with Crippen LogP contribution in [-0.4, -0.2) is 30.4 Å². The van der Waals surface area contributed by atoms with Crippen molar-refractivity contribution in [2.75, 3.05) is 13.6 Å². The molecule has 1 saturated carbocycles. The Bertz CT molecular complexity index is 547. The average molecular weight is 289 g/mol. The van der Waals surface area contributed by atoms with E-state index in [-0.39, 0.29) is 19.0 Å². The molecule has 1 aromatic rings. The molecule has 1 fully saturated rings. The van der Waals surface area contributed by atoms with Gasteiger partial charge in [-0.2, -0.15) is 5.26 Å². The van der Waals surface area contributed by atoms with E-state index in [0.29, 0.717) is 17.2 Å². The minimum absolute atomic E-state index is 0.0661. The number of likely N-dealkylation sites (N-methyl/N-ethyl adjacent to an activating group) is 1. The lowest BCUT2D eigenvalue weighted by molar-refractivity contribution is -0.129. The van der Waals surface area contributed by atoms with Crippen LogP contribution in [0.2, 0.25) is 0 Å². The number of halogens is 1. The lowest BCUT2D eigenvalue weighted by Crippen LogP contribution is -2.39. The number of nitriles is 1. The van der Waals surface area contributed by atoms with Gasteiger partial charge in [0.05, 0.1) is 18.2 Å². The van der Waals surface area contributed by atoms with Gasteiger partial charge in [0.2, 0.25) is 5.91 Å². The van der Waals surface area contributed by atoms with Crippen LogP contribution in [0.4, 0.5) is 4.39 Å². The molecular formula is C16H20FN3O. The molecule has 1 amide bonds. The SMILES string of the molecule is CN(Cc1cc(C#N)ccc1F)C(=O)CNC1CCCC1. The van der Waals surface area contributed by atoms with Gasteiger partial charge in [-0.3, -0.25) is 4.79 Å². The quantitative estimate of drug-likeness (QED) is 0.904. The molecule has 0 saturated heterocycles. The monoisotopic (exact) mass is 289 g/mol. The number of hydrogen-bond donors (Lipinski definition) is 1. The second-order valence-electron chi connectivity index (χ2n) is 5.53. The maximum Gasteiger partial charge on any atom is 0.236 e. The molecule has 0 atom stereocenters. The number of hydrogen-bond acceptors (Lipinski definition) is 3. The third-order valence-corrected chi connectivity index (χ3v) is 3.91. The first-order valence-corrected chi connectivity index (χ1v) is 7.26. The standard InChI is InChI=1S/C16H20FN3O/c1-20(16(21)10-19-14-4-2-3-5-14)11-13-8-12(9-18)6-7-15(13)17/h6-8,14,19H,2-5,10-11H2,1H3. The van der Waals surface area contributed by atoms with Crippen molar-refractivity contribution in [3.63, 3.8) is 0 Å². The van der Waals surface area contributed by atoms with Gasteiger partial charge in [0.1, 0.15) is 5.82 Å². The van der Waals surface area contributed by atoms with Gasteiger partial charge in [-0.05, 0) is 31.0 Å². The Morgan fingerprint density at radius 1 is 1.48 bits per heavy atom. The number of carbonyl (C=O) groups excluding carboxylic acids is 1. The zero-order valence-electron chi connectivity index (χ0n) is 12.2. The topological polar surface area (TPSA) is 56.1 Å². The zero-order valence-corrected chi connectivity index (χ0v) is 12.2. The Labute approximate surface area is 124 Å². The highest BCUT2D eigenvalue weighted by Gasteiger charge is 2.17. The molecule has 0 spiro atoms. The van der Waals surface area contributed by atoms with Crippen LogP contribution in [0.25, 0.3) is 0 Å². The number of carbonyl (C=O) groups is 1. The fourth-order valence-electron chi connectivity index (χ4n) is 2.61. The van der Waals surface area contributed by atoms with E-state index in [1.807, 2.05) is 6.07 Å². The van der Waals surface area contributed by atoms with E-state index >= 15 is 0 Å². The summed E-state index contributed by atoms with van der Waals surface area (Å²) in [4.78, 5) is 13.5. The van der Waals surface area contributed by atoms with Gasteiger partial charge < -0.3 is 10.2 Å². The fraction of sp³-hybridized carbons (Fsp3) is 0.500. The third-order valence-electron chi connectivity index (χ3n) is 3.91. The van der Waals surface area contributed by atoms with Crippen LogP contribution >= 0.6 is 0 Å². The van der Waals surface area contributed by atoms with E-state index in [1.54, 1.807) is 7.05 Å². The molecule has 0 heterocycles. The predicted molar refractivity (Wildman–Crippen MR) is 77.8 cm³/mol. The molecule has 1 aliphatic carbocycles. The van der Waals surface area contributed by atoms with Crippen molar-refractivity contribution in [2.24, 2.45) is 0 Å². The maximum atomic E-state index is 13.7. The molecule has 1 N–H and O–H groups in total. The van der Waals surface area contributed by atoms with E-state index in [9.17, 15) is 9.18 Å². The van der Waals surface area contributed by atoms with Gasteiger partial charge in [-0.1, -0.05) is 12.8 Å². The highest BCUT2D eigenvalue weighted by molar-refractivity contribution is 5.78. The normalized spacial score (nSPS) is 14.9. The molecule has 0 bridgehead atoms. The van der Waals surface area contributed by atoms with E-state index in [1.165, 1.54) is 35.9 Å². The molecule has 21 heavy (non-hydrogen) atoms. The van der Waals surface area contributed by atoms with Gasteiger partial charge in [0.15, 0.2) is 0 Å². The molecule has 0 radical (unpaired) electrons. The van der Waals surface area contributed by atoms with Crippen LogP contribution < -0.4 is 5.32 Å². The largest absolute Gasteiger partial charge is 0.340 e. The lowest BCUT2D eigenvalue weighted by Gasteiger charge is -2.19. The van der Waals surface area contributed by atoms with Crippen molar-refractivity contribution < 1.29 is 9.18 Å². The minimum atomic E-state index is -0.391. The van der Waals surface area contributed by atoms with Crippen molar-refractivity contribution in [3.8, 4) is 6.07 Å². The van der Waals surface area contributed by atoms with Gasteiger partial charge >= 0.3 is 0 Å². The summed E-state index contributed by atoms with van der Waals surface area (Å²) >= 11 is 0. The molecule has 1 aromatic carbocycles. The van der Waals surface area contributed by atoms with Crippen LogP contribution in [-0.2, 0) is 11.3 Å². The van der Waals surface area contributed by atoms with Gasteiger partial charge in [0, 0.05) is 25.2 Å². The highest BCUT2D eigenvalue weighted by atomic mass is 19.1. The lowest BCUT2D eigenvalue weighted by atomic mass is 10.1. The predicted octanol–water partition coefficient (Wildman–Crippen LogP) is 2.19. The van der Waals surface area contributed by atoms with Crippen LogP contribution in [0.1, 0.15) is 36.8 Å². The van der Waals surface area contributed by atoms with Crippen LogP contribution in [0.5, 0.6) is 0 Å². The molecule has 112 valence electrons. The Kier molecular flexibility index (Phi) is 5.29. The zero-order chi connectivity index (χ0) is 15.2. The Morgan fingerprint density at radius 3 is 2.86 bits per heavy atom. The van der Waals surface area contributed by atoms with E-state index in [4.69, 9.17) is 5.26 Å². The fourth-order valence-corrected chi connectivity index (χ4v) is 2.61. The first-order valence-electron chi connectivity index (χ1n) is 7.26. The van der Waals surface area contributed by atoms with Crippen molar-refractivity contribution in [2.45, 2.75) is 38.3 Å². The first-order chi connectivity index (χ1) is 10.1. The van der Waals surface area contributed by atoms with Crippen molar-refractivity contribution in [3.05, 3.63) is 35.1 Å². The first kappa shape index (κ1) is 15.5. The number of benzene rings is 1. The van der Waals surface area contributed by atoms with Gasteiger partial charge in [-0.15, -0.1) is 0 Å². The summed E-state index contributed by atoms with van der Waals surface area (Å²) in [5.41, 5.74) is 0.766. The Balaban J connectivity index is 1.89. The second kappa shape index (κ2) is 7.19. The summed E-state index contributed by atoms with van der Waals surface area (Å²) in [6, 6.07) is 6.60. The molecule has 5 heteroatoms. The van der Waals surface area contributed by atoms with E-state index in [2.05, 4.69) is 5.32 Å². The Morgan fingerprint density at radius 2 is 2.19 bits per heavy atom. The van der Waals surface area contributed by atoms with Crippen molar-refractivity contribution >= 4 is 5.91 Å². The summed E-state index contributed by atoms with van der Waals surface area (Å²) in [5.74, 6) is -0.457. The third kappa shape index (κ3) is 4.27. The molecule has 0 aromatic heterocycles. The van der Waals surface area contributed by atoms with Crippen LogP contribution in [0.15, 0.2) is 18.2 Å². The number of rotatable bonds is 5. The van der Waals surface area contributed by atoms with E-state index in [0.717, 1.165) is 12.8 Å². The Hall–Kier alpha value is -1.93. The van der Waals surface area contributed by atoms with Gasteiger partial charge in [0.25, 0.3) is 0 Å². The van der Waals surface area contributed by atoms with Crippen LogP contribution in [0.3, 0.4) is 0 Å². The number of amides is 1. The molecule has 0 unspecified atom stereocenters. The second-order valence-corrected chi connectivity index (χ2v) is 5.53. The van der Waals surface area contributed by atoms with E-state index < -0.39 is 5.82 Å². The summed E-state index contributed by atoms with van der Waals surface area (Å²) in [6.45, 7) is 0.452. The average Bonchev–Trinajstić information content (AvgIpc) is 3.00. The molecule has 2 rings (SSSR count). The number of nitrogens with one attached hydrogen (secondary N) is 1. The molecular weight excluding hydrogens is 269 g/mol. The maximum absolute atomic E-state index is 13.7. The summed E-state index contributed by atoms with van der Waals surface area (Å²) in [6.07, 6.45) is 4.67. The molecule has 1 aliphatic rings. The summed E-state index contributed by atoms with van der Waals surface area (Å²) in [7, 11) is 1.65. The highest BCUT2D eigenvalue weighted by Crippen LogP contribution is 2.17. The smallest absolute Gasteiger partial charge is 0.236 e. The van der Waals surface area contributed by atoms with Gasteiger partial charge in [-0.25, -0.2) is 4.39 Å². The molecule has 0 aliphatic heterocycles.